The highest BCUT2D eigenvalue weighted by Crippen LogP contribution is 2.45. The predicted molar refractivity (Wildman–Crippen MR) is 148 cm³/mol. The number of rotatable bonds is 7. The number of piperazine rings is 1. The van der Waals surface area contributed by atoms with Gasteiger partial charge in [-0.15, -0.1) is 0 Å². The number of alkyl halides is 3. The van der Waals surface area contributed by atoms with E-state index < -0.39 is 23.4 Å². The molecule has 12 nitrogen and oxygen atoms in total. The molecule has 15 heteroatoms. The van der Waals surface area contributed by atoms with Crippen molar-refractivity contribution in [2.45, 2.75) is 43.6 Å². The average Bonchev–Trinajstić information content (AvgIpc) is 3.64. The largest absolute Gasteiger partial charge is 0.451 e. The van der Waals surface area contributed by atoms with E-state index in [0.29, 0.717) is 45.4 Å². The van der Waals surface area contributed by atoms with Crippen LogP contribution in [0.2, 0.25) is 0 Å². The number of aromatic amines is 1. The maximum atomic E-state index is 13.4. The van der Waals surface area contributed by atoms with Gasteiger partial charge in [0.1, 0.15) is 17.7 Å². The van der Waals surface area contributed by atoms with Crippen LogP contribution < -0.4 is 0 Å². The summed E-state index contributed by atoms with van der Waals surface area (Å²) in [5.74, 6) is -1.85. The number of H-pyrrole nitrogens is 1. The summed E-state index contributed by atoms with van der Waals surface area (Å²) in [6, 6.07) is 5.77. The van der Waals surface area contributed by atoms with Gasteiger partial charge in [0.25, 0.3) is 5.91 Å². The van der Waals surface area contributed by atoms with Gasteiger partial charge in [0.15, 0.2) is 0 Å². The van der Waals surface area contributed by atoms with Crippen molar-refractivity contribution in [2.75, 3.05) is 40.3 Å². The summed E-state index contributed by atoms with van der Waals surface area (Å²) in [5.41, 5.74) is 1.77. The fourth-order valence-electron chi connectivity index (χ4n) is 6.03. The van der Waals surface area contributed by atoms with E-state index in [4.69, 9.17) is 0 Å². The second-order valence-corrected chi connectivity index (χ2v) is 11.4. The Morgan fingerprint density at radius 3 is 2.65 bits per heavy atom. The van der Waals surface area contributed by atoms with Gasteiger partial charge >= 0.3 is 6.18 Å². The minimum absolute atomic E-state index is 0.136. The minimum atomic E-state index is -4.76. The number of carbonyl (C=O) groups is 1. The average molecular weight is 594 g/mol. The van der Waals surface area contributed by atoms with Crippen molar-refractivity contribution in [3.05, 3.63) is 54.3 Å². The molecule has 2 aliphatic rings. The van der Waals surface area contributed by atoms with E-state index in [-0.39, 0.29) is 24.0 Å². The zero-order valence-electron chi connectivity index (χ0n) is 23.7. The molecule has 1 N–H and O–H groups in total. The van der Waals surface area contributed by atoms with Crippen LogP contribution in [0.15, 0.2) is 37.1 Å². The van der Waals surface area contributed by atoms with Gasteiger partial charge < -0.3 is 14.8 Å². The monoisotopic (exact) mass is 593 g/mol. The quantitative estimate of drug-likeness (QED) is 0.343. The molecule has 1 amide bonds. The lowest BCUT2D eigenvalue weighted by molar-refractivity contribution is -0.145. The summed E-state index contributed by atoms with van der Waals surface area (Å²) in [4.78, 5) is 37.7. The molecule has 224 valence electrons. The summed E-state index contributed by atoms with van der Waals surface area (Å²) >= 11 is 0. The first-order chi connectivity index (χ1) is 20.6. The number of nitriles is 1. The molecule has 1 saturated carbocycles. The fraction of sp³-hybridized carbons (Fsp3) is 0.464. The van der Waals surface area contributed by atoms with Crippen LogP contribution >= 0.6 is 0 Å². The van der Waals surface area contributed by atoms with Gasteiger partial charge in [-0.1, -0.05) is 0 Å². The third-order valence-corrected chi connectivity index (χ3v) is 8.18. The molecule has 0 aromatic carbocycles. The minimum Gasteiger partial charge on any atom is -0.346 e. The first-order valence-corrected chi connectivity index (χ1v) is 13.9. The molecule has 1 aliphatic carbocycles. The van der Waals surface area contributed by atoms with Gasteiger partial charge in [0.2, 0.25) is 5.82 Å². The Balaban J connectivity index is 1.12. The van der Waals surface area contributed by atoms with Gasteiger partial charge in [-0.2, -0.15) is 23.5 Å². The molecule has 2 fully saturated rings. The standard InChI is InChI=1S/C28H30F3N11O/c1-39(2)16-19-11-22(38-26(37-19)28(29,30)31)25(43)41-9-7-40(8-10-41)20-12-27(13-20,4-5-32)42-15-18(14-36-42)23-21-3-6-33-24(21)35-17-34-23/h3,6,11,14-15,17,20H,4,7-10,12-13,16H2,1-2H3,(H,33,34,35)/t20-,27+. The van der Waals surface area contributed by atoms with E-state index in [9.17, 15) is 23.2 Å². The van der Waals surface area contributed by atoms with Crippen molar-refractivity contribution < 1.29 is 18.0 Å². The summed E-state index contributed by atoms with van der Waals surface area (Å²) < 4.78 is 42.2. The van der Waals surface area contributed by atoms with Gasteiger partial charge in [0.05, 0.1) is 35.6 Å². The molecule has 6 rings (SSSR count). The Kier molecular flexibility index (Phi) is 7.35. The molecular weight excluding hydrogens is 563 g/mol. The number of fused-ring (bicyclic) bond motifs is 1. The van der Waals surface area contributed by atoms with Crippen LogP contribution in [0.25, 0.3) is 22.3 Å². The van der Waals surface area contributed by atoms with Crippen LogP contribution in [0.1, 0.15) is 41.3 Å². The molecule has 5 heterocycles. The number of aromatic nitrogens is 7. The fourth-order valence-corrected chi connectivity index (χ4v) is 6.03. The molecule has 1 aliphatic heterocycles. The van der Waals surface area contributed by atoms with Crippen molar-refractivity contribution in [1.82, 2.24) is 49.4 Å². The van der Waals surface area contributed by atoms with E-state index in [1.54, 1.807) is 30.1 Å². The zero-order chi connectivity index (χ0) is 30.4. The van der Waals surface area contributed by atoms with Crippen molar-refractivity contribution in [1.29, 1.82) is 5.26 Å². The Morgan fingerprint density at radius 1 is 1.19 bits per heavy atom. The second kappa shape index (κ2) is 11.0. The molecule has 4 aromatic rings. The number of nitrogens with one attached hydrogen (secondary N) is 1. The number of halogens is 3. The molecule has 0 unspecified atom stereocenters. The van der Waals surface area contributed by atoms with Gasteiger partial charge in [0, 0.05) is 62.1 Å². The number of hydrogen-bond acceptors (Lipinski definition) is 9. The van der Waals surface area contributed by atoms with E-state index in [2.05, 4.69) is 41.0 Å². The lowest BCUT2D eigenvalue weighted by atomic mass is 9.70. The van der Waals surface area contributed by atoms with Crippen LogP contribution in [0.3, 0.4) is 0 Å². The van der Waals surface area contributed by atoms with Gasteiger partial charge in [-0.05, 0) is 39.1 Å². The molecule has 0 radical (unpaired) electrons. The molecule has 0 bridgehead atoms. The number of hydrogen-bond donors (Lipinski definition) is 1. The first-order valence-electron chi connectivity index (χ1n) is 13.9. The van der Waals surface area contributed by atoms with Crippen molar-refractivity contribution in [3.8, 4) is 17.3 Å². The van der Waals surface area contributed by atoms with E-state index >= 15 is 0 Å². The highest BCUT2D eigenvalue weighted by molar-refractivity contribution is 5.92. The third kappa shape index (κ3) is 5.55. The molecule has 4 aromatic heterocycles. The summed E-state index contributed by atoms with van der Waals surface area (Å²) in [7, 11) is 3.43. The molecule has 1 saturated heterocycles. The zero-order valence-corrected chi connectivity index (χ0v) is 23.7. The molecule has 0 spiro atoms. The first kappa shape index (κ1) is 28.7. The van der Waals surface area contributed by atoms with Crippen LogP contribution in [-0.2, 0) is 18.3 Å². The highest BCUT2D eigenvalue weighted by atomic mass is 19.4. The topological polar surface area (TPSA) is 136 Å². The summed E-state index contributed by atoms with van der Waals surface area (Å²) in [5, 5.41) is 15.2. The van der Waals surface area contributed by atoms with Crippen LogP contribution in [0, 0.1) is 11.3 Å². The number of amides is 1. The summed E-state index contributed by atoms with van der Waals surface area (Å²) in [6.07, 6.45) is 3.98. The van der Waals surface area contributed by atoms with Crippen LogP contribution in [-0.4, -0.2) is 102 Å². The Bertz CT molecular complexity index is 1670. The molecule has 0 atom stereocenters. The van der Waals surface area contributed by atoms with Gasteiger partial charge in [-0.25, -0.2) is 19.9 Å². The van der Waals surface area contributed by atoms with Crippen molar-refractivity contribution >= 4 is 16.9 Å². The lowest BCUT2D eigenvalue weighted by Crippen LogP contribution is -2.60. The Labute approximate surface area is 245 Å². The third-order valence-electron chi connectivity index (χ3n) is 8.18. The lowest BCUT2D eigenvalue weighted by Gasteiger charge is -2.52. The Hall–Kier alpha value is -4.42. The maximum absolute atomic E-state index is 13.4. The normalized spacial score (nSPS) is 21.2. The maximum Gasteiger partial charge on any atom is 0.451 e. The van der Waals surface area contributed by atoms with Crippen molar-refractivity contribution in [2.24, 2.45) is 0 Å². The number of carbonyl (C=O) groups excluding carboxylic acids is 1. The molecule has 43 heavy (non-hydrogen) atoms. The second-order valence-electron chi connectivity index (χ2n) is 11.4. The number of nitrogens with zero attached hydrogens (tertiary/aromatic N) is 10. The highest BCUT2D eigenvalue weighted by Gasteiger charge is 2.49. The van der Waals surface area contributed by atoms with Crippen molar-refractivity contribution in [3.63, 3.8) is 0 Å². The van der Waals surface area contributed by atoms with E-state index in [1.807, 2.05) is 23.1 Å². The molecular formula is C28H30F3N11O. The predicted octanol–water partition coefficient (Wildman–Crippen LogP) is 2.92. The van der Waals surface area contributed by atoms with E-state index in [0.717, 1.165) is 22.3 Å². The Morgan fingerprint density at radius 2 is 1.95 bits per heavy atom. The van der Waals surface area contributed by atoms with Crippen LogP contribution in [0.5, 0.6) is 0 Å². The smallest absolute Gasteiger partial charge is 0.346 e. The SMILES string of the molecule is CN(C)Cc1cc(C(=O)N2CCN([C@H]3C[C@@](CC#N)(n4cc(-c5ncnc6[nH]ccc56)cn4)C3)CC2)nc(C(F)(F)F)n1. The van der Waals surface area contributed by atoms with Crippen LogP contribution in [0.4, 0.5) is 13.2 Å². The van der Waals surface area contributed by atoms with Gasteiger partial charge in [-0.3, -0.25) is 14.4 Å². The summed E-state index contributed by atoms with van der Waals surface area (Å²) in [6.45, 7) is 2.01. The van der Waals surface area contributed by atoms with E-state index in [1.165, 1.54) is 12.4 Å².